The van der Waals surface area contributed by atoms with Gasteiger partial charge in [0.05, 0.1) is 0 Å². The SMILES string of the molecule is OC(COc1ccc(Cc2ccccc2)cc1)CN1CCc2ccccc2C1. The highest BCUT2D eigenvalue weighted by Crippen LogP contribution is 2.19. The van der Waals surface area contributed by atoms with Crippen LogP contribution >= 0.6 is 0 Å². The van der Waals surface area contributed by atoms with Gasteiger partial charge in [0.2, 0.25) is 0 Å². The molecule has 4 rings (SSSR count). The standard InChI is InChI=1S/C25H27NO2/c27-24(18-26-15-14-22-8-4-5-9-23(22)17-26)19-28-25-12-10-21(11-13-25)16-20-6-2-1-3-7-20/h1-13,24,27H,14-19H2. The monoisotopic (exact) mass is 373 g/mol. The fraction of sp³-hybridized carbons (Fsp3) is 0.280. The molecule has 1 aliphatic rings. The molecule has 1 unspecified atom stereocenters. The molecular formula is C25H27NO2. The zero-order valence-electron chi connectivity index (χ0n) is 16.1. The molecule has 0 bridgehead atoms. The van der Waals surface area contributed by atoms with Crippen molar-refractivity contribution in [2.45, 2.75) is 25.5 Å². The van der Waals surface area contributed by atoms with Gasteiger partial charge in [0.25, 0.3) is 0 Å². The van der Waals surface area contributed by atoms with Crippen LogP contribution in [0.2, 0.25) is 0 Å². The minimum absolute atomic E-state index is 0.316. The number of nitrogens with zero attached hydrogens (tertiary/aromatic N) is 1. The second kappa shape index (κ2) is 9.05. The molecule has 0 spiro atoms. The fourth-order valence-electron chi connectivity index (χ4n) is 3.79. The second-order valence-electron chi connectivity index (χ2n) is 7.52. The Bertz CT molecular complexity index is 877. The Hall–Kier alpha value is -2.62. The molecule has 0 aliphatic carbocycles. The van der Waals surface area contributed by atoms with Crippen molar-refractivity contribution in [3.63, 3.8) is 0 Å². The Balaban J connectivity index is 1.24. The van der Waals surface area contributed by atoms with E-state index in [4.69, 9.17) is 4.74 Å². The number of benzene rings is 3. The van der Waals surface area contributed by atoms with Crippen LogP contribution in [0.15, 0.2) is 78.9 Å². The largest absolute Gasteiger partial charge is 0.491 e. The van der Waals surface area contributed by atoms with Crippen LogP contribution in [0.5, 0.6) is 5.75 Å². The lowest BCUT2D eigenvalue weighted by Gasteiger charge is -2.30. The van der Waals surface area contributed by atoms with Gasteiger partial charge in [0.1, 0.15) is 18.5 Å². The fourth-order valence-corrected chi connectivity index (χ4v) is 3.79. The molecule has 0 fully saturated rings. The Kier molecular flexibility index (Phi) is 6.05. The number of aliphatic hydroxyl groups excluding tert-OH is 1. The van der Waals surface area contributed by atoms with Crippen LogP contribution in [-0.4, -0.2) is 35.8 Å². The van der Waals surface area contributed by atoms with E-state index in [0.29, 0.717) is 13.2 Å². The number of aliphatic hydroxyl groups is 1. The summed E-state index contributed by atoms with van der Waals surface area (Å²) in [5, 5.41) is 10.4. The number of fused-ring (bicyclic) bond motifs is 1. The van der Waals surface area contributed by atoms with E-state index in [0.717, 1.165) is 31.7 Å². The van der Waals surface area contributed by atoms with Crippen molar-refractivity contribution < 1.29 is 9.84 Å². The summed E-state index contributed by atoms with van der Waals surface area (Å²) in [6.45, 7) is 2.85. The maximum absolute atomic E-state index is 10.4. The number of ether oxygens (including phenoxy) is 1. The molecule has 0 saturated heterocycles. The molecule has 3 aromatic rings. The predicted octanol–water partition coefficient (Wildman–Crippen LogP) is 4.08. The highest BCUT2D eigenvalue weighted by Gasteiger charge is 2.18. The molecular weight excluding hydrogens is 346 g/mol. The Morgan fingerprint density at radius 2 is 1.50 bits per heavy atom. The van der Waals surface area contributed by atoms with E-state index in [2.05, 4.69) is 65.6 Å². The first-order chi connectivity index (χ1) is 13.8. The van der Waals surface area contributed by atoms with Crippen molar-refractivity contribution in [1.29, 1.82) is 0 Å². The molecule has 0 aromatic heterocycles. The molecule has 1 aliphatic heterocycles. The summed E-state index contributed by atoms with van der Waals surface area (Å²) < 4.78 is 5.81. The molecule has 0 amide bonds. The molecule has 3 heteroatoms. The number of rotatable bonds is 7. The van der Waals surface area contributed by atoms with Crippen molar-refractivity contribution in [2.75, 3.05) is 19.7 Å². The van der Waals surface area contributed by atoms with Gasteiger partial charge in [-0.05, 0) is 47.2 Å². The number of hydrogen-bond acceptors (Lipinski definition) is 3. The maximum Gasteiger partial charge on any atom is 0.119 e. The minimum atomic E-state index is -0.491. The Morgan fingerprint density at radius 1 is 0.821 bits per heavy atom. The molecule has 144 valence electrons. The third kappa shape index (κ3) is 5.00. The van der Waals surface area contributed by atoms with Crippen LogP contribution in [0.3, 0.4) is 0 Å². The third-order valence-electron chi connectivity index (χ3n) is 5.30. The van der Waals surface area contributed by atoms with E-state index in [9.17, 15) is 5.11 Å². The number of hydrogen-bond donors (Lipinski definition) is 1. The average molecular weight is 373 g/mol. The van der Waals surface area contributed by atoms with Gasteiger partial charge < -0.3 is 9.84 Å². The lowest BCUT2D eigenvalue weighted by atomic mass is 10.00. The van der Waals surface area contributed by atoms with Gasteiger partial charge in [-0.2, -0.15) is 0 Å². The molecule has 1 atom stereocenters. The van der Waals surface area contributed by atoms with Crippen molar-refractivity contribution in [3.05, 3.63) is 101 Å². The zero-order chi connectivity index (χ0) is 19.2. The van der Waals surface area contributed by atoms with E-state index < -0.39 is 6.10 Å². The van der Waals surface area contributed by atoms with Crippen LogP contribution in [0.25, 0.3) is 0 Å². The van der Waals surface area contributed by atoms with E-state index in [1.54, 1.807) is 0 Å². The first-order valence-electron chi connectivity index (χ1n) is 9.99. The normalized spacial score (nSPS) is 15.0. The van der Waals surface area contributed by atoms with E-state index in [-0.39, 0.29) is 0 Å². The van der Waals surface area contributed by atoms with E-state index >= 15 is 0 Å². The maximum atomic E-state index is 10.4. The molecule has 3 nitrogen and oxygen atoms in total. The highest BCUT2D eigenvalue weighted by atomic mass is 16.5. The summed E-state index contributed by atoms with van der Waals surface area (Å²) in [5.74, 6) is 0.805. The van der Waals surface area contributed by atoms with Gasteiger partial charge >= 0.3 is 0 Å². The van der Waals surface area contributed by atoms with E-state index in [1.807, 2.05) is 18.2 Å². The average Bonchev–Trinajstić information content (AvgIpc) is 2.74. The summed E-state index contributed by atoms with van der Waals surface area (Å²) in [4.78, 5) is 2.30. The summed E-state index contributed by atoms with van der Waals surface area (Å²) in [7, 11) is 0. The summed E-state index contributed by atoms with van der Waals surface area (Å²) in [5.41, 5.74) is 5.36. The molecule has 3 aromatic carbocycles. The summed E-state index contributed by atoms with van der Waals surface area (Å²) >= 11 is 0. The van der Waals surface area contributed by atoms with E-state index in [1.165, 1.54) is 22.3 Å². The van der Waals surface area contributed by atoms with Gasteiger partial charge in [0, 0.05) is 19.6 Å². The lowest BCUT2D eigenvalue weighted by Crippen LogP contribution is -2.38. The van der Waals surface area contributed by atoms with Crippen molar-refractivity contribution >= 4 is 0 Å². The van der Waals surface area contributed by atoms with Gasteiger partial charge in [-0.1, -0.05) is 66.7 Å². The lowest BCUT2D eigenvalue weighted by molar-refractivity contribution is 0.0638. The van der Waals surface area contributed by atoms with Crippen LogP contribution in [0.1, 0.15) is 22.3 Å². The Morgan fingerprint density at radius 3 is 2.29 bits per heavy atom. The topological polar surface area (TPSA) is 32.7 Å². The van der Waals surface area contributed by atoms with Crippen LogP contribution < -0.4 is 4.74 Å². The predicted molar refractivity (Wildman–Crippen MR) is 113 cm³/mol. The molecule has 0 saturated carbocycles. The minimum Gasteiger partial charge on any atom is -0.491 e. The second-order valence-corrected chi connectivity index (χ2v) is 7.52. The zero-order valence-corrected chi connectivity index (χ0v) is 16.1. The van der Waals surface area contributed by atoms with Gasteiger partial charge in [-0.15, -0.1) is 0 Å². The van der Waals surface area contributed by atoms with Crippen LogP contribution in [0.4, 0.5) is 0 Å². The molecule has 0 radical (unpaired) electrons. The van der Waals surface area contributed by atoms with Crippen molar-refractivity contribution in [1.82, 2.24) is 4.90 Å². The number of β-amino-alcohol motifs (C(OH)–C–C–N with tert-alkyl or cyclic N) is 1. The first-order valence-corrected chi connectivity index (χ1v) is 9.99. The van der Waals surface area contributed by atoms with Crippen LogP contribution in [0, 0.1) is 0 Å². The van der Waals surface area contributed by atoms with Crippen molar-refractivity contribution in [3.8, 4) is 5.75 Å². The highest BCUT2D eigenvalue weighted by molar-refractivity contribution is 5.31. The van der Waals surface area contributed by atoms with Gasteiger partial charge in [-0.25, -0.2) is 0 Å². The van der Waals surface area contributed by atoms with Gasteiger partial charge in [0.15, 0.2) is 0 Å². The smallest absolute Gasteiger partial charge is 0.119 e. The first kappa shape index (κ1) is 18.7. The third-order valence-corrected chi connectivity index (χ3v) is 5.30. The Labute approximate surface area is 167 Å². The summed E-state index contributed by atoms with van der Waals surface area (Å²) in [6.07, 6.45) is 1.47. The quantitative estimate of drug-likeness (QED) is 0.677. The van der Waals surface area contributed by atoms with Crippen molar-refractivity contribution in [2.24, 2.45) is 0 Å². The molecule has 28 heavy (non-hydrogen) atoms. The van der Waals surface area contributed by atoms with Gasteiger partial charge in [-0.3, -0.25) is 4.90 Å². The van der Waals surface area contributed by atoms with Crippen LogP contribution in [-0.2, 0) is 19.4 Å². The molecule has 1 N–H and O–H groups in total. The molecule has 1 heterocycles. The summed E-state index contributed by atoms with van der Waals surface area (Å²) in [6, 6.07) is 27.2.